The van der Waals surface area contributed by atoms with Gasteiger partial charge in [-0.1, -0.05) is 30.3 Å². The molecular weight excluding hydrogens is 274 g/mol. The number of aromatic nitrogens is 4. The van der Waals surface area contributed by atoms with Crippen LogP contribution in [0, 0.1) is 0 Å². The summed E-state index contributed by atoms with van der Waals surface area (Å²) in [7, 11) is 0. The number of anilines is 2. The number of pyridine rings is 1. The molecule has 5 nitrogen and oxygen atoms in total. The molecular formula is C17H13N5. The molecule has 0 bridgehead atoms. The fourth-order valence-electron chi connectivity index (χ4n) is 2.32. The maximum Gasteiger partial charge on any atom is 0.163 e. The first-order chi connectivity index (χ1) is 10.9. The zero-order chi connectivity index (χ0) is 14.8. The van der Waals surface area contributed by atoms with Crippen LogP contribution in [0.5, 0.6) is 0 Å². The summed E-state index contributed by atoms with van der Waals surface area (Å²) in [6, 6.07) is 15.7. The maximum atomic E-state index is 4.68. The Morgan fingerprint density at radius 3 is 2.50 bits per heavy atom. The molecule has 0 unspecified atom stereocenters. The third kappa shape index (κ3) is 2.29. The Hall–Kier alpha value is -3.21. The van der Waals surface area contributed by atoms with Crippen molar-refractivity contribution in [3.8, 4) is 11.4 Å². The van der Waals surface area contributed by atoms with Crippen molar-refractivity contribution in [3.63, 3.8) is 0 Å². The molecule has 0 aliphatic rings. The maximum absolute atomic E-state index is 4.68. The van der Waals surface area contributed by atoms with E-state index in [0.717, 1.165) is 28.1 Å². The molecule has 0 saturated carbocycles. The van der Waals surface area contributed by atoms with Gasteiger partial charge < -0.3 is 10.3 Å². The number of H-pyrrole nitrogens is 1. The minimum absolute atomic E-state index is 0.687. The Kier molecular flexibility index (Phi) is 3.01. The van der Waals surface area contributed by atoms with E-state index in [1.807, 2.05) is 54.7 Å². The van der Waals surface area contributed by atoms with E-state index >= 15 is 0 Å². The van der Waals surface area contributed by atoms with Crippen LogP contribution in [0.2, 0.25) is 0 Å². The molecule has 0 fully saturated rings. The van der Waals surface area contributed by atoms with Gasteiger partial charge in [-0.05, 0) is 18.2 Å². The molecule has 3 aromatic heterocycles. The van der Waals surface area contributed by atoms with Crippen molar-refractivity contribution < 1.29 is 0 Å². The van der Waals surface area contributed by atoms with E-state index in [1.54, 1.807) is 12.4 Å². The number of rotatable bonds is 3. The SMILES string of the molecule is c1ccc(-c2nc(Nc3ccncc3)c3cc[nH]c3n2)cc1. The first-order valence-corrected chi connectivity index (χ1v) is 6.98. The lowest BCUT2D eigenvalue weighted by Gasteiger charge is -2.08. The lowest BCUT2D eigenvalue weighted by Crippen LogP contribution is -1.98. The second-order valence-electron chi connectivity index (χ2n) is 4.86. The average Bonchev–Trinajstić information content (AvgIpc) is 3.05. The second-order valence-corrected chi connectivity index (χ2v) is 4.86. The summed E-state index contributed by atoms with van der Waals surface area (Å²) in [5.74, 6) is 1.46. The second kappa shape index (κ2) is 5.29. The number of hydrogen-bond donors (Lipinski definition) is 2. The van der Waals surface area contributed by atoms with Crippen molar-refractivity contribution in [1.82, 2.24) is 19.9 Å². The van der Waals surface area contributed by atoms with Crippen molar-refractivity contribution >= 4 is 22.5 Å². The van der Waals surface area contributed by atoms with Crippen LogP contribution in [-0.4, -0.2) is 19.9 Å². The molecule has 0 aliphatic carbocycles. The molecule has 2 N–H and O–H groups in total. The van der Waals surface area contributed by atoms with Gasteiger partial charge in [-0.2, -0.15) is 0 Å². The Bertz CT molecular complexity index is 900. The average molecular weight is 287 g/mol. The summed E-state index contributed by atoms with van der Waals surface area (Å²) in [6.45, 7) is 0. The lowest BCUT2D eigenvalue weighted by molar-refractivity contribution is 1.20. The highest BCUT2D eigenvalue weighted by atomic mass is 15.1. The molecule has 106 valence electrons. The summed E-state index contributed by atoms with van der Waals surface area (Å²) in [5, 5.41) is 4.29. The molecule has 0 atom stereocenters. The fraction of sp³-hybridized carbons (Fsp3) is 0. The Labute approximate surface area is 127 Å². The molecule has 3 heterocycles. The van der Waals surface area contributed by atoms with Crippen molar-refractivity contribution in [3.05, 3.63) is 67.1 Å². The van der Waals surface area contributed by atoms with E-state index in [-0.39, 0.29) is 0 Å². The largest absolute Gasteiger partial charge is 0.346 e. The first-order valence-electron chi connectivity index (χ1n) is 6.98. The summed E-state index contributed by atoms with van der Waals surface area (Å²) in [5.41, 5.74) is 2.73. The van der Waals surface area contributed by atoms with Crippen LogP contribution in [0.25, 0.3) is 22.4 Å². The van der Waals surface area contributed by atoms with Crippen LogP contribution < -0.4 is 5.32 Å². The van der Waals surface area contributed by atoms with Gasteiger partial charge in [0.25, 0.3) is 0 Å². The highest BCUT2D eigenvalue weighted by molar-refractivity contribution is 5.90. The van der Waals surface area contributed by atoms with Crippen LogP contribution in [-0.2, 0) is 0 Å². The number of nitrogens with one attached hydrogen (secondary N) is 2. The van der Waals surface area contributed by atoms with Crippen LogP contribution >= 0.6 is 0 Å². The molecule has 4 rings (SSSR count). The van der Waals surface area contributed by atoms with Crippen LogP contribution in [0.4, 0.5) is 11.5 Å². The van der Waals surface area contributed by atoms with Gasteiger partial charge in [0, 0.05) is 29.8 Å². The van der Waals surface area contributed by atoms with E-state index in [1.165, 1.54) is 0 Å². The van der Waals surface area contributed by atoms with Crippen molar-refractivity contribution in [2.75, 3.05) is 5.32 Å². The first kappa shape index (κ1) is 12.5. The number of benzene rings is 1. The van der Waals surface area contributed by atoms with Gasteiger partial charge in [0.2, 0.25) is 0 Å². The summed E-state index contributed by atoms with van der Waals surface area (Å²) in [6.07, 6.45) is 5.36. The standard InChI is InChI=1S/C17H13N5/c1-2-4-12(5-3-1)15-21-16-14(8-11-19-16)17(22-15)20-13-6-9-18-10-7-13/h1-11H,(H2,18,19,20,21,22). The minimum atomic E-state index is 0.687. The number of hydrogen-bond acceptors (Lipinski definition) is 4. The zero-order valence-electron chi connectivity index (χ0n) is 11.7. The van der Waals surface area contributed by atoms with Crippen LogP contribution in [0.3, 0.4) is 0 Å². The van der Waals surface area contributed by atoms with E-state index in [4.69, 9.17) is 0 Å². The van der Waals surface area contributed by atoms with Gasteiger partial charge in [0.15, 0.2) is 5.82 Å². The quantitative estimate of drug-likeness (QED) is 0.602. The normalized spacial score (nSPS) is 10.7. The molecule has 5 heteroatoms. The van der Waals surface area contributed by atoms with Gasteiger partial charge in [-0.25, -0.2) is 9.97 Å². The fourth-order valence-corrected chi connectivity index (χ4v) is 2.32. The lowest BCUT2D eigenvalue weighted by atomic mass is 10.2. The summed E-state index contributed by atoms with van der Waals surface area (Å²) >= 11 is 0. The molecule has 0 aliphatic heterocycles. The summed E-state index contributed by atoms with van der Waals surface area (Å²) in [4.78, 5) is 16.4. The van der Waals surface area contributed by atoms with Crippen molar-refractivity contribution in [2.45, 2.75) is 0 Å². The Balaban J connectivity index is 1.84. The van der Waals surface area contributed by atoms with Crippen molar-refractivity contribution in [1.29, 1.82) is 0 Å². The van der Waals surface area contributed by atoms with Gasteiger partial charge >= 0.3 is 0 Å². The van der Waals surface area contributed by atoms with E-state index in [9.17, 15) is 0 Å². The minimum Gasteiger partial charge on any atom is -0.346 e. The molecule has 4 aromatic rings. The van der Waals surface area contributed by atoms with Crippen LogP contribution in [0.15, 0.2) is 67.1 Å². The van der Waals surface area contributed by atoms with Crippen LogP contribution in [0.1, 0.15) is 0 Å². The zero-order valence-corrected chi connectivity index (χ0v) is 11.7. The smallest absolute Gasteiger partial charge is 0.163 e. The molecule has 0 amide bonds. The molecule has 0 saturated heterocycles. The van der Waals surface area contributed by atoms with Gasteiger partial charge in [0.1, 0.15) is 11.5 Å². The third-order valence-electron chi connectivity index (χ3n) is 3.39. The molecule has 22 heavy (non-hydrogen) atoms. The highest BCUT2D eigenvalue weighted by Crippen LogP contribution is 2.26. The van der Waals surface area contributed by atoms with Crippen molar-refractivity contribution in [2.24, 2.45) is 0 Å². The topological polar surface area (TPSA) is 66.5 Å². The number of aromatic amines is 1. The number of fused-ring (bicyclic) bond motifs is 1. The highest BCUT2D eigenvalue weighted by Gasteiger charge is 2.10. The van der Waals surface area contributed by atoms with Gasteiger partial charge in [-0.15, -0.1) is 0 Å². The molecule has 1 aromatic carbocycles. The Morgan fingerprint density at radius 1 is 0.864 bits per heavy atom. The van der Waals surface area contributed by atoms with E-state index < -0.39 is 0 Å². The predicted molar refractivity (Wildman–Crippen MR) is 86.8 cm³/mol. The summed E-state index contributed by atoms with van der Waals surface area (Å²) < 4.78 is 0. The molecule has 0 radical (unpaired) electrons. The third-order valence-corrected chi connectivity index (χ3v) is 3.39. The number of nitrogens with zero attached hydrogens (tertiary/aromatic N) is 3. The van der Waals surface area contributed by atoms with E-state index in [0.29, 0.717) is 5.82 Å². The van der Waals surface area contributed by atoms with E-state index in [2.05, 4.69) is 25.3 Å². The van der Waals surface area contributed by atoms with Gasteiger partial charge in [0.05, 0.1) is 5.39 Å². The monoisotopic (exact) mass is 287 g/mol. The van der Waals surface area contributed by atoms with Gasteiger partial charge in [-0.3, -0.25) is 4.98 Å². The molecule has 0 spiro atoms. The predicted octanol–water partition coefficient (Wildman–Crippen LogP) is 3.76. The Morgan fingerprint density at radius 2 is 1.68 bits per heavy atom.